The van der Waals surface area contributed by atoms with Gasteiger partial charge in [0.05, 0.1) is 14.8 Å². The van der Waals surface area contributed by atoms with Crippen molar-refractivity contribution in [2.24, 2.45) is 5.41 Å². The number of dihydropyridines is 1. The summed E-state index contributed by atoms with van der Waals surface area (Å²) in [4.78, 5) is -0.0427. The van der Waals surface area contributed by atoms with E-state index in [2.05, 4.69) is 38.3 Å². The number of thiocarbonyl (C=S) groups is 1. The molecular formula is C13H18N2S2. The Labute approximate surface area is 113 Å². The molecule has 2 nitrogen and oxygen atoms in total. The molecule has 0 aromatic carbocycles. The number of thioether (sulfide) groups is 1. The summed E-state index contributed by atoms with van der Waals surface area (Å²) in [6.07, 6.45) is 7.93. The molecule has 0 aromatic rings. The van der Waals surface area contributed by atoms with E-state index in [1.165, 1.54) is 0 Å². The highest BCUT2D eigenvalue weighted by atomic mass is 32.2. The van der Waals surface area contributed by atoms with Crippen LogP contribution in [0.25, 0.3) is 0 Å². The Hall–Kier alpha value is -0.740. The van der Waals surface area contributed by atoms with E-state index in [1.807, 2.05) is 24.6 Å². The van der Waals surface area contributed by atoms with Gasteiger partial charge in [-0.2, -0.15) is 0 Å². The van der Waals surface area contributed by atoms with E-state index in [-0.39, 0.29) is 10.3 Å². The van der Waals surface area contributed by atoms with E-state index >= 15 is 0 Å². The third kappa shape index (κ3) is 2.29. The van der Waals surface area contributed by atoms with Crippen molar-refractivity contribution in [3.63, 3.8) is 0 Å². The Bertz CT molecular complexity index is 427. The van der Waals surface area contributed by atoms with E-state index in [0.29, 0.717) is 0 Å². The summed E-state index contributed by atoms with van der Waals surface area (Å²) < 4.78 is 0.952. The highest BCUT2D eigenvalue weighted by Gasteiger charge is 2.45. The van der Waals surface area contributed by atoms with Crippen molar-refractivity contribution >= 4 is 28.2 Å². The lowest BCUT2D eigenvalue weighted by Gasteiger charge is -2.37. The van der Waals surface area contributed by atoms with E-state index in [1.54, 1.807) is 11.8 Å². The second kappa shape index (κ2) is 4.18. The minimum atomic E-state index is -0.0427. The number of nitrogens with one attached hydrogen (secondary N) is 2. The number of hydrogen-bond acceptors (Lipinski definition) is 4. The fraction of sp³-hybridized carbons (Fsp3) is 0.462. The molecule has 1 unspecified atom stereocenters. The maximum Gasteiger partial charge on any atom is 0.0967 e. The third-order valence-corrected chi connectivity index (χ3v) is 5.27. The molecule has 0 saturated carbocycles. The lowest BCUT2D eigenvalue weighted by Crippen LogP contribution is -2.45. The van der Waals surface area contributed by atoms with Gasteiger partial charge in [0.2, 0.25) is 0 Å². The minimum Gasteiger partial charge on any atom is -0.368 e. The van der Waals surface area contributed by atoms with Crippen molar-refractivity contribution in [2.75, 3.05) is 0 Å². The van der Waals surface area contributed by atoms with Crippen LogP contribution in [0.2, 0.25) is 0 Å². The van der Waals surface area contributed by atoms with Crippen molar-refractivity contribution in [2.45, 2.75) is 32.6 Å². The van der Waals surface area contributed by atoms with Gasteiger partial charge in [-0.3, -0.25) is 0 Å². The van der Waals surface area contributed by atoms with Crippen LogP contribution in [-0.4, -0.2) is 9.07 Å². The van der Waals surface area contributed by atoms with Gasteiger partial charge in [0.25, 0.3) is 0 Å². The minimum absolute atomic E-state index is 0.0427. The van der Waals surface area contributed by atoms with Gasteiger partial charge in [-0.15, -0.1) is 0 Å². The first-order valence-corrected chi connectivity index (χ1v) is 6.91. The molecule has 0 bridgehead atoms. The first kappa shape index (κ1) is 12.7. The van der Waals surface area contributed by atoms with Crippen molar-refractivity contribution in [1.29, 1.82) is 0 Å². The first-order chi connectivity index (χ1) is 7.83. The Kier molecular flexibility index (Phi) is 3.12. The van der Waals surface area contributed by atoms with Gasteiger partial charge in [0.15, 0.2) is 0 Å². The molecule has 0 aliphatic carbocycles. The summed E-state index contributed by atoms with van der Waals surface area (Å²) in [6.45, 7) is 8.91. The van der Waals surface area contributed by atoms with Crippen LogP contribution in [0, 0.1) is 5.41 Å². The van der Waals surface area contributed by atoms with E-state index in [4.69, 9.17) is 12.2 Å². The van der Waals surface area contributed by atoms with E-state index < -0.39 is 0 Å². The fourth-order valence-electron chi connectivity index (χ4n) is 1.64. The monoisotopic (exact) mass is 266 g/mol. The van der Waals surface area contributed by atoms with Gasteiger partial charge in [0.1, 0.15) is 0 Å². The summed E-state index contributed by atoms with van der Waals surface area (Å²) in [5.41, 5.74) is 2.37. The molecule has 2 rings (SSSR count). The van der Waals surface area contributed by atoms with Crippen LogP contribution in [0.3, 0.4) is 0 Å². The average molecular weight is 266 g/mol. The molecule has 0 radical (unpaired) electrons. The van der Waals surface area contributed by atoms with Crippen molar-refractivity contribution < 1.29 is 0 Å². The van der Waals surface area contributed by atoms with Crippen LogP contribution in [0.4, 0.5) is 0 Å². The zero-order valence-electron chi connectivity index (χ0n) is 10.6. The highest BCUT2D eigenvalue weighted by molar-refractivity contribution is 8.25. The van der Waals surface area contributed by atoms with Crippen LogP contribution in [0.1, 0.15) is 27.7 Å². The molecule has 4 heteroatoms. The molecule has 0 amide bonds. The number of rotatable bonds is 0. The maximum absolute atomic E-state index is 5.49. The molecule has 1 saturated heterocycles. The molecular weight excluding hydrogens is 248 g/mol. The van der Waals surface area contributed by atoms with Crippen LogP contribution in [0.15, 0.2) is 35.8 Å². The predicted octanol–water partition coefficient (Wildman–Crippen LogP) is 3.30. The van der Waals surface area contributed by atoms with Gasteiger partial charge < -0.3 is 10.6 Å². The van der Waals surface area contributed by atoms with Crippen LogP contribution < -0.4 is 10.6 Å². The number of hydrogen-bond donors (Lipinski definition) is 2. The summed E-state index contributed by atoms with van der Waals surface area (Å²) >= 11 is 7.24. The molecule has 92 valence electrons. The predicted molar refractivity (Wildman–Crippen MR) is 79.6 cm³/mol. The quantitative estimate of drug-likeness (QED) is 0.519. The summed E-state index contributed by atoms with van der Waals surface area (Å²) in [5.74, 6) is 0. The van der Waals surface area contributed by atoms with Gasteiger partial charge in [-0.1, -0.05) is 44.8 Å². The molecule has 0 aromatic heterocycles. The smallest absolute Gasteiger partial charge is 0.0967 e. The average Bonchev–Trinajstić information content (AvgIpc) is 2.56. The van der Waals surface area contributed by atoms with Crippen LogP contribution >= 0.6 is 24.0 Å². The second-order valence-electron chi connectivity index (χ2n) is 5.46. The number of allylic oxidation sites excluding steroid dienone is 3. The molecule has 2 aliphatic heterocycles. The summed E-state index contributed by atoms with van der Waals surface area (Å²) in [7, 11) is 0. The van der Waals surface area contributed by atoms with Crippen LogP contribution in [-0.2, 0) is 0 Å². The highest BCUT2D eigenvalue weighted by Crippen LogP contribution is 2.47. The molecule has 1 atom stereocenters. The molecule has 1 fully saturated rings. The first-order valence-electron chi connectivity index (χ1n) is 5.68. The second-order valence-corrected chi connectivity index (χ2v) is 7.56. The molecule has 0 spiro atoms. The maximum atomic E-state index is 5.49. The zero-order valence-corrected chi connectivity index (χ0v) is 12.3. The standard InChI is InChI=1S/C13H18N2S2/c1-12(2,3)13(4)15-10(11(16)17-13)9-5-7-14-8-6-9/h5-8,14-15H,1-4H3. The van der Waals surface area contributed by atoms with Crippen molar-refractivity contribution in [3.05, 3.63) is 35.8 Å². The lowest BCUT2D eigenvalue weighted by atomic mass is 9.87. The lowest BCUT2D eigenvalue weighted by molar-refractivity contribution is 0.276. The topological polar surface area (TPSA) is 24.1 Å². The van der Waals surface area contributed by atoms with Crippen molar-refractivity contribution in [3.8, 4) is 0 Å². The Morgan fingerprint density at radius 1 is 1.24 bits per heavy atom. The zero-order chi connectivity index (χ0) is 12.7. The van der Waals surface area contributed by atoms with Gasteiger partial charge in [0, 0.05) is 18.0 Å². The Balaban J connectivity index is 2.36. The molecule has 17 heavy (non-hydrogen) atoms. The normalized spacial score (nSPS) is 28.4. The Morgan fingerprint density at radius 3 is 2.29 bits per heavy atom. The van der Waals surface area contributed by atoms with Gasteiger partial charge in [-0.05, 0) is 24.5 Å². The summed E-state index contributed by atoms with van der Waals surface area (Å²) in [6, 6.07) is 0. The SMILES string of the molecule is CC(C)(C)C1(C)NC(=C2C=CNC=C2)C(=S)S1. The molecule has 2 aliphatic rings. The van der Waals surface area contributed by atoms with Gasteiger partial charge >= 0.3 is 0 Å². The summed E-state index contributed by atoms with van der Waals surface area (Å²) in [5, 5.41) is 6.63. The largest absolute Gasteiger partial charge is 0.368 e. The van der Waals surface area contributed by atoms with Crippen molar-refractivity contribution in [1.82, 2.24) is 10.6 Å². The van der Waals surface area contributed by atoms with Crippen LogP contribution in [0.5, 0.6) is 0 Å². The molecule has 2 N–H and O–H groups in total. The van der Waals surface area contributed by atoms with Gasteiger partial charge in [-0.25, -0.2) is 0 Å². The fourth-order valence-corrected chi connectivity index (χ4v) is 3.41. The molecule has 2 heterocycles. The Morgan fingerprint density at radius 2 is 1.82 bits per heavy atom. The van der Waals surface area contributed by atoms with E-state index in [0.717, 1.165) is 15.5 Å². The third-order valence-electron chi connectivity index (χ3n) is 3.30. The van der Waals surface area contributed by atoms with E-state index in [9.17, 15) is 0 Å².